The van der Waals surface area contributed by atoms with Gasteiger partial charge >= 0.3 is 0 Å². The lowest BCUT2D eigenvalue weighted by molar-refractivity contribution is 0.466. The predicted molar refractivity (Wildman–Crippen MR) is 46.8 cm³/mol. The number of aromatic hydroxyl groups is 1. The molecule has 0 radical (unpaired) electrons. The van der Waals surface area contributed by atoms with Crippen molar-refractivity contribution in [3.05, 3.63) is 38.5 Å². The molecule has 0 heterocycles. The van der Waals surface area contributed by atoms with Gasteiger partial charge in [-0.1, -0.05) is 12.1 Å². The van der Waals surface area contributed by atoms with Gasteiger partial charge in [0.05, 0.1) is 4.47 Å². The Hall–Kier alpha value is -0.830. The Labute approximate surface area is 72.6 Å². The molecule has 0 aromatic heterocycles. The normalized spacial score (nSPS) is 9.64. The average Bonchev–Trinajstić information content (AvgIpc) is 2.07. The van der Waals surface area contributed by atoms with E-state index in [9.17, 15) is 9.90 Å². The minimum absolute atomic E-state index is 0.193. The van der Waals surface area contributed by atoms with Crippen LogP contribution in [-0.2, 0) is 0 Å². The first kappa shape index (κ1) is 8.27. The van der Waals surface area contributed by atoms with Gasteiger partial charge in [-0.3, -0.25) is 4.79 Å². The molecule has 0 saturated carbocycles. The number of hydrogen-bond donors (Lipinski definition) is 1. The van der Waals surface area contributed by atoms with Crippen LogP contribution in [-0.4, -0.2) is 5.11 Å². The van der Waals surface area contributed by atoms with Crippen molar-refractivity contribution >= 4 is 15.9 Å². The topological polar surface area (TPSA) is 37.3 Å². The zero-order valence-corrected chi connectivity index (χ0v) is 7.55. The van der Waals surface area contributed by atoms with Gasteiger partial charge < -0.3 is 5.11 Å². The van der Waals surface area contributed by atoms with Crippen LogP contribution < -0.4 is 5.43 Å². The molecule has 1 N–H and O–H groups in total. The second-order valence-corrected chi connectivity index (χ2v) is 3.09. The van der Waals surface area contributed by atoms with Crippen molar-refractivity contribution in [3.63, 3.8) is 0 Å². The molecule has 0 aliphatic rings. The van der Waals surface area contributed by atoms with Crippen LogP contribution in [0.15, 0.2) is 27.5 Å². The summed E-state index contributed by atoms with van der Waals surface area (Å²) in [6.07, 6.45) is 0. The molecule has 0 aliphatic heterocycles. The van der Waals surface area contributed by atoms with Gasteiger partial charge in [-0.15, -0.1) is 0 Å². The Bertz CT molecular complexity index is 333. The van der Waals surface area contributed by atoms with Crippen molar-refractivity contribution in [2.24, 2.45) is 0 Å². The van der Waals surface area contributed by atoms with Crippen LogP contribution in [0, 0.1) is 6.92 Å². The van der Waals surface area contributed by atoms with Crippen molar-refractivity contribution in [1.82, 2.24) is 0 Å². The Balaban J connectivity index is 3.62. The summed E-state index contributed by atoms with van der Waals surface area (Å²) in [5.74, 6) is -0.193. The first-order valence-corrected chi connectivity index (χ1v) is 3.90. The fourth-order valence-corrected chi connectivity index (χ4v) is 1.06. The van der Waals surface area contributed by atoms with E-state index in [0.717, 1.165) is 0 Å². The highest BCUT2D eigenvalue weighted by Gasteiger charge is 2.00. The second-order valence-electron chi connectivity index (χ2n) is 2.23. The molecule has 0 spiro atoms. The Kier molecular flexibility index (Phi) is 2.29. The van der Waals surface area contributed by atoms with Crippen LogP contribution in [0.25, 0.3) is 0 Å². The summed E-state index contributed by atoms with van der Waals surface area (Å²) < 4.78 is 0.378. The van der Waals surface area contributed by atoms with Gasteiger partial charge in [-0.25, -0.2) is 0 Å². The van der Waals surface area contributed by atoms with Crippen molar-refractivity contribution in [2.45, 2.75) is 6.92 Å². The third kappa shape index (κ3) is 1.60. The van der Waals surface area contributed by atoms with E-state index in [1.165, 1.54) is 0 Å². The molecule has 0 aliphatic carbocycles. The maximum Gasteiger partial charge on any atom is 0.234 e. The van der Waals surface area contributed by atoms with Crippen LogP contribution in [0.5, 0.6) is 5.75 Å². The standard InChI is InChI=1S/C8H7BrO2/c1-5-3-2-4-6(9)8(11)7(5)10/h2-4H,1H3,(H,10,11). The van der Waals surface area contributed by atoms with Gasteiger partial charge in [0.2, 0.25) is 5.43 Å². The summed E-state index contributed by atoms with van der Waals surface area (Å²) in [6, 6.07) is 5.00. The first-order chi connectivity index (χ1) is 5.13. The molecule has 11 heavy (non-hydrogen) atoms. The van der Waals surface area contributed by atoms with Gasteiger partial charge in [-0.2, -0.15) is 0 Å². The molecule has 1 rings (SSSR count). The fraction of sp³-hybridized carbons (Fsp3) is 0.125. The highest BCUT2D eigenvalue weighted by Crippen LogP contribution is 2.11. The highest BCUT2D eigenvalue weighted by atomic mass is 79.9. The summed E-state index contributed by atoms with van der Waals surface area (Å²) in [5, 5.41) is 9.20. The minimum atomic E-state index is -0.368. The smallest absolute Gasteiger partial charge is 0.234 e. The molecule has 0 fully saturated rings. The summed E-state index contributed by atoms with van der Waals surface area (Å²) in [5.41, 5.74) is 0.216. The third-order valence-corrected chi connectivity index (χ3v) is 2.02. The molecule has 58 valence electrons. The molecule has 1 aromatic carbocycles. The number of hydrogen-bond acceptors (Lipinski definition) is 2. The van der Waals surface area contributed by atoms with Crippen molar-refractivity contribution in [3.8, 4) is 5.75 Å². The average molecular weight is 215 g/mol. The number of rotatable bonds is 0. The number of halogens is 1. The molecule has 0 unspecified atom stereocenters. The SMILES string of the molecule is Cc1cccc(Br)c(=O)c1O. The Morgan fingerprint density at radius 2 is 2.09 bits per heavy atom. The second kappa shape index (κ2) is 3.05. The van der Waals surface area contributed by atoms with E-state index in [4.69, 9.17) is 0 Å². The lowest BCUT2D eigenvalue weighted by Gasteiger charge is -1.87. The molecule has 0 bridgehead atoms. The van der Waals surface area contributed by atoms with Gasteiger partial charge in [-0.05, 0) is 34.5 Å². The Morgan fingerprint density at radius 1 is 1.45 bits per heavy atom. The van der Waals surface area contributed by atoms with Crippen LogP contribution in [0.4, 0.5) is 0 Å². The van der Waals surface area contributed by atoms with E-state index in [-0.39, 0.29) is 11.2 Å². The monoisotopic (exact) mass is 214 g/mol. The predicted octanol–water partition coefficient (Wildman–Crippen LogP) is 1.82. The van der Waals surface area contributed by atoms with Crippen LogP contribution in [0.2, 0.25) is 0 Å². The van der Waals surface area contributed by atoms with Crippen LogP contribution in [0.1, 0.15) is 5.56 Å². The van der Waals surface area contributed by atoms with E-state index < -0.39 is 0 Å². The maximum absolute atomic E-state index is 11.1. The zero-order chi connectivity index (χ0) is 8.43. The fourth-order valence-electron chi connectivity index (χ4n) is 0.724. The third-order valence-electron chi connectivity index (χ3n) is 1.39. The number of aryl methyl sites for hydroxylation is 1. The summed E-state index contributed by atoms with van der Waals surface area (Å²) in [4.78, 5) is 11.1. The van der Waals surface area contributed by atoms with Crippen LogP contribution in [0.3, 0.4) is 0 Å². The van der Waals surface area contributed by atoms with E-state index in [2.05, 4.69) is 15.9 Å². The van der Waals surface area contributed by atoms with E-state index >= 15 is 0 Å². The first-order valence-electron chi connectivity index (χ1n) is 3.11. The molecule has 3 heteroatoms. The lowest BCUT2D eigenvalue weighted by Crippen LogP contribution is -1.97. The molecule has 1 aromatic rings. The van der Waals surface area contributed by atoms with E-state index in [1.54, 1.807) is 25.1 Å². The van der Waals surface area contributed by atoms with Crippen molar-refractivity contribution in [1.29, 1.82) is 0 Å². The van der Waals surface area contributed by atoms with Gasteiger partial charge in [0.15, 0.2) is 5.75 Å². The van der Waals surface area contributed by atoms with Gasteiger partial charge in [0.1, 0.15) is 0 Å². The van der Waals surface area contributed by atoms with Crippen LogP contribution >= 0.6 is 15.9 Å². The minimum Gasteiger partial charge on any atom is -0.504 e. The molecular formula is C8H7BrO2. The van der Waals surface area contributed by atoms with Crippen molar-refractivity contribution in [2.75, 3.05) is 0 Å². The lowest BCUT2D eigenvalue weighted by atomic mass is 10.3. The maximum atomic E-state index is 11.1. The molecular weight excluding hydrogens is 208 g/mol. The largest absolute Gasteiger partial charge is 0.504 e. The quantitative estimate of drug-likeness (QED) is 0.716. The Morgan fingerprint density at radius 3 is 2.73 bits per heavy atom. The molecule has 0 amide bonds. The summed E-state index contributed by atoms with van der Waals surface area (Å²) in [7, 11) is 0. The molecule has 0 atom stereocenters. The van der Waals surface area contributed by atoms with E-state index in [0.29, 0.717) is 10.0 Å². The summed E-state index contributed by atoms with van der Waals surface area (Å²) in [6.45, 7) is 1.68. The van der Waals surface area contributed by atoms with Gasteiger partial charge in [0, 0.05) is 0 Å². The summed E-state index contributed by atoms with van der Waals surface area (Å²) >= 11 is 3.04. The molecule has 2 nitrogen and oxygen atoms in total. The van der Waals surface area contributed by atoms with Crippen molar-refractivity contribution < 1.29 is 5.11 Å². The van der Waals surface area contributed by atoms with Gasteiger partial charge in [0.25, 0.3) is 0 Å². The molecule has 0 saturated heterocycles. The zero-order valence-electron chi connectivity index (χ0n) is 5.97. The highest BCUT2D eigenvalue weighted by molar-refractivity contribution is 9.10. The van der Waals surface area contributed by atoms with E-state index in [1.807, 2.05) is 0 Å².